The molecule has 0 bridgehead atoms. The molecule has 2 aromatic carbocycles. The molecule has 1 saturated carbocycles. The zero-order chi connectivity index (χ0) is 23.8. The summed E-state index contributed by atoms with van der Waals surface area (Å²) in [4.78, 5) is 27.8. The molecule has 0 atom stereocenters. The molecule has 34 heavy (non-hydrogen) atoms. The number of carbonyl (C=O) groups excluding carboxylic acids is 2. The molecule has 0 aliphatic heterocycles. The second-order valence-electron chi connectivity index (χ2n) is 8.48. The molecule has 0 saturated heterocycles. The normalized spacial score (nSPS) is 13.9. The van der Waals surface area contributed by atoms with Gasteiger partial charge in [-0.1, -0.05) is 60.9 Å². The zero-order valence-electron chi connectivity index (χ0n) is 19.4. The number of hydrogen-bond acceptors (Lipinski definition) is 6. The van der Waals surface area contributed by atoms with E-state index in [1.54, 1.807) is 7.11 Å². The summed E-state index contributed by atoms with van der Waals surface area (Å²) in [6.45, 7) is 0.409. The number of nitrogens with zero attached hydrogens (tertiary/aromatic N) is 3. The van der Waals surface area contributed by atoms with Crippen molar-refractivity contribution in [1.29, 1.82) is 0 Å². The third kappa shape index (κ3) is 6.41. The van der Waals surface area contributed by atoms with Crippen molar-refractivity contribution in [2.75, 3.05) is 19.0 Å². The highest BCUT2D eigenvalue weighted by molar-refractivity contribution is 7.18. The van der Waals surface area contributed by atoms with Gasteiger partial charge in [0.2, 0.25) is 16.9 Å². The lowest BCUT2D eigenvalue weighted by Crippen LogP contribution is -2.43. The number of hydrogen-bond donors (Lipinski definition) is 1. The molecule has 0 unspecified atom stereocenters. The van der Waals surface area contributed by atoms with Crippen LogP contribution in [-0.2, 0) is 16.0 Å². The molecular weight excluding hydrogens is 448 g/mol. The molecule has 1 aliphatic rings. The van der Waals surface area contributed by atoms with Gasteiger partial charge in [-0.2, -0.15) is 0 Å². The van der Waals surface area contributed by atoms with Crippen molar-refractivity contribution < 1.29 is 14.3 Å². The molecular formula is C26H30N4O3S. The van der Waals surface area contributed by atoms with Gasteiger partial charge in [-0.25, -0.2) is 0 Å². The van der Waals surface area contributed by atoms with Crippen molar-refractivity contribution in [2.24, 2.45) is 0 Å². The Morgan fingerprint density at radius 3 is 2.47 bits per heavy atom. The summed E-state index contributed by atoms with van der Waals surface area (Å²) < 4.78 is 5.19. The van der Waals surface area contributed by atoms with E-state index >= 15 is 0 Å². The second kappa shape index (κ2) is 11.7. The van der Waals surface area contributed by atoms with Gasteiger partial charge in [-0.3, -0.25) is 9.59 Å². The molecule has 8 heteroatoms. The molecule has 1 N–H and O–H groups in total. The van der Waals surface area contributed by atoms with Crippen LogP contribution < -0.4 is 10.1 Å². The van der Waals surface area contributed by atoms with Crippen LogP contribution in [0.25, 0.3) is 10.6 Å². The Morgan fingerprint density at radius 1 is 1.03 bits per heavy atom. The van der Waals surface area contributed by atoms with E-state index in [-0.39, 0.29) is 24.3 Å². The molecule has 1 aromatic heterocycles. The predicted molar refractivity (Wildman–Crippen MR) is 134 cm³/mol. The van der Waals surface area contributed by atoms with E-state index in [9.17, 15) is 9.59 Å². The summed E-state index contributed by atoms with van der Waals surface area (Å²) in [5, 5.41) is 12.3. The lowest BCUT2D eigenvalue weighted by molar-refractivity contribution is -0.134. The number of nitrogens with one attached hydrogen (secondary N) is 1. The van der Waals surface area contributed by atoms with Crippen molar-refractivity contribution >= 4 is 28.3 Å². The van der Waals surface area contributed by atoms with E-state index in [2.05, 4.69) is 15.5 Å². The van der Waals surface area contributed by atoms with E-state index in [0.717, 1.165) is 47.6 Å². The fourth-order valence-electron chi connectivity index (χ4n) is 4.30. The van der Waals surface area contributed by atoms with Gasteiger partial charge >= 0.3 is 0 Å². The van der Waals surface area contributed by atoms with Crippen molar-refractivity contribution in [3.8, 4) is 16.3 Å². The summed E-state index contributed by atoms with van der Waals surface area (Å²) in [6, 6.07) is 17.5. The fraction of sp³-hybridized carbons (Fsp3) is 0.385. The topological polar surface area (TPSA) is 84.4 Å². The van der Waals surface area contributed by atoms with Crippen molar-refractivity contribution in [3.63, 3.8) is 0 Å². The maximum atomic E-state index is 13.2. The number of benzene rings is 2. The smallest absolute Gasteiger partial charge is 0.227 e. The van der Waals surface area contributed by atoms with Crippen LogP contribution in [0.3, 0.4) is 0 Å². The molecule has 1 aliphatic carbocycles. The highest BCUT2D eigenvalue weighted by atomic mass is 32.1. The number of rotatable bonds is 9. The van der Waals surface area contributed by atoms with E-state index in [1.807, 2.05) is 59.5 Å². The number of carbonyl (C=O) groups is 2. The Bertz CT molecular complexity index is 1080. The lowest BCUT2D eigenvalue weighted by Gasteiger charge is -2.34. The lowest BCUT2D eigenvalue weighted by atomic mass is 9.93. The third-order valence-corrected chi connectivity index (χ3v) is 7.01. The highest BCUT2D eigenvalue weighted by Crippen LogP contribution is 2.28. The highest BCUT2D eigenvalue weighted by Gasteiger charge is 2.26. The molecule has 1 fully saturated rings. The molecule has 0 radical (unpaired) electrons. The van der Waals surface area contributed by atoms with E-state index in [0.29, 0.717) is 18.1 Å². The van der Waals surface area contributed by atoms with Crippen LogP contribution in [0.4, 0.5) is 5.13 Å². The summed E-state index contributed by atoms with van der Waals surface area (Å²) in [7, 11) is 1.62. The molecule has 4 rings (SSSR count). The Kier molecular flexibility index (Phi) is 8.25. The summed E-state index contributed by atoms with van der Waals surface area (Å²) in [5.74, 6) is 0.695. The van der Waals surface area contributed by atoms with E-state index in [4.69, 9.17) is 4.74 Å². The van der Waals surface area contributed by atoms with Crippen molar-refractivity contribution in [2.45, 2.75) is 51.0 Å². The number of anilines is 1. The van der Waals surface area contributed by atoms with Gasteiger partial charge in [-0.05, 0) is 42.7 Å². The first-order valence-corrected chi connectivity index (χ1v) is 12.5. The number of amides is 2. The van der Waals surface area contributed by atoms with E-state index < -0.39 is 0 Å². The molecule has 1 heterocycles. The summed E-state index contributed by atoms with van der Waals surface area (Å²) in [5.41, 5.74) is 1.91. The van der Waals surface area contributed by atoms with Gasteiger partial charge < -0.3 is 15.0 Å². The molecule has 0 spiro atoms. The van der Waals surface area contributed by atoms with E-state index in [1.165, 1.54) is 17.8 Å². The quantitative estimate of drug-likeness (QED) is 0.471. The zero-order valence-corrected chi connectivity index (χ0v) is 20.2. The van der Waals surface area contributed by atoms with Crippen LogP contribution in [0.2, 0.25) is 0 Å². The minimum Gasteiger partial charge on any atom is -0.497 e. The molecule has 3 aromatic rings. The van der Waals surface area contributed by atoms with Gasteiger partial charge in [0.15, 0.2) is 0 Å². The van der Waals surface area contributed by atoms with Crippen molar-refractivity contribution in [3.05, 3.63) is 60.2 Å². The second-order valence-corrected chi connectivity index (χ2v) is 9.46. The van der Waals surface area contributed by atoms with Crippen LogP contribution in [0.1, 0.15) is 44.1 Å². The molecule has 2 amide bonds. The van der Waals surface area contributed by atoms with Gasteiger partial charge in [-0.15, -0.1) is 10.2 Å². The standard InChI is InChI=1S/C26H30N4O3S/c1-33-22-14-12-20(13-15-22)25-28-29-26(34-25)27-23(31)16-17-30(21-10-6-3-7-11-21)24(32)18-19-8-4-2-5-9-19/h2,4-5,8-9,12-15,21H,3,6-7,10-11,16-18H2,1H3,(H,27,29,31). The Hall–Kier alpha value is -3.26. The summed E-state index contributed by atoms with van der Waals surface area (Å²) >= 11 is 1.32. The number of aromatic nitrogens is 2. The maximum Gasteiger partial charge on any atom is 0.227 e. The fourth-order valence-corrected chi connectivity index (χ4v) is 5.07. The predicted octanol–water partition coefficient (Wildman–Crippen LogP) is 4.95. The Balaban J connectivity index is 1.35. The number of ether oxygens (including phenoxy) is 1. The SMILES string of the molecule is COc1ccc(-c2nnc(NC(=O)CCN(C(=O)Cc3ccccc3)C3CCCCC3)s2)cc1. The average Bonchev–Trinajstić information content (AvgIpc) is 3.34. The maximum absolute atomic E-state index is 13.2. The van der Waals surface area contributed by atoms with Crippen LogP contribution in [0.15, 0.2) is 54.6 Å². The molecule has 178 valence electrons. The van der Waals surface area contributed by atoms with Gasteiger partial charge in [0.1, 0.15) is 10.8 Å². The van der Waals surface area contributed by atoms with Crippen molar-refractivity contribution in [1.82, 2.24) is 15.1 Å². The first-order valence-electron chi connectivity index (χ1n) is 11.7. The van der Waals surface area contributed by atoms with Crippen LogP contribution in [0.5, 0.6) is 5.75 Å². The Morgan fingerprint density at radius 2 is 1.76 bits per heavy atom. The number of methoxy groups -OCH3 is 1. The Labute approximate surface area is 204 Å². The minimum absolute atomic E-state index is 0.0867. The third-order valence-electron chi connectivity index (χ3n) is 6.12. The van der Waals surface area contributed by atoms with Gasteiger partial charge in [0.25, 0.3) is 0 Å². The van der Waals surface area contributed by atoms with Gasteiger partial charge in [0, 0.05) is 24.6 Å². The van der Waals surface area contributed by atoms with Crippen LogP contribution >= 0.6 is 11.3 Å². The van der Waals surface area contributed by atoms with Gasteiger partial charge in [0.05, 0.1) is 13.5 Å². The molecule has 7 nitrogen and oxygen atoms in total. The minimum atomic E-state index is -0.161. The van der Waals surface area contributed by atoms with Crippen LogP contribution in [0, 0.1) is 0 Å². The first kappa shape index (κ1) is 23.9. The summed E-state index contributed by atoms with van der Waals surface area (Å²) in [6.07, 6.45) is 6.07. The monoisotopic (exact) mass is 478 g/mol. The average molecular weight is 479 g/mol. The first-order chi connectivity index (χ1) is 16.6. The van der Waals surface area contributed by atoms with Crippen LogP contribution in [-0.4, -0.2) is 46.6 Å². The largest absolute Gasteiger partial charge is 0.497 e.